The van der Waals surface area contributed by atoms with Crippen molar-refractivity contribution in [3.8, 4) is 0 Å². The van der Waals surface area contributed by atoms with Crippen LogP contribution < -0.4 is 0 Å². The summed E-state index contributed by atoms with van der Waals surface area (Å²) in [5.41, 5.74) is 0. The van der Waals surface area contributed by atoms with Gasteiger partial charge in [-0.3, -0.25) is 0 Å². The summed E-state index contributed by atoms with van der Waals surface area (Å²) in [6, 6.07) is 0. The van der Waals surface area contributed by atoms with E-state index in [4.69, 9.17) is 10.7 Å². The molecule has 0 aliphatic heterocycles. The fraction of sp³-hybridized carbons (Fsp3) is 1.00. The standard InChI is InChI=1S/C5H9ClF2O2S/c1-2-5(7,8)3-4-11(6,9)10/h2-4H2,1H3. The zero-order valence-electron chi connectivity index (χ0n) is 5.98. The Morgan fingerprint density at radius 3 is 2.18 bits per heavy atom. The molecule has 0 amide bonds. The van der Waals surface area contributed by atoms with E-state index in [1.807, 2.05) is 0 Å². The Bertz CT molecular complexity index is 213. The van der Waals surface area contributed by atoms with Crippen LogP contribution in [0.5, 0.6) is 0 Å². The van der Waals surface area contributed by atoms with Crippen LogP contribution in [0.3, 0.4) is 0 Å². The second kappa shape index (κ2) is 3.67. The van der Waals surface area contributed by atoms with Crippen molar-refractivity contribution < 1.29 is 17.2 Å². The summed E-state index contributed by atoms with van der Waals surface area (Å²) in [6.45, 7) is 1.29. The summed E-state index contributed by atoms with van der Waals surface area (Å²) in [5.74, 6) is -3.59. The molecule has 0 N–H and O–H groups in total. The fourth-order valence-electron chi connectivity index (χ4n) is 0.448. The molecule has 0 unspecified atom stereocenters. The minimum atomic E-state index is -3.78. The molecule has 0 aliphatic carbocycles. The van der Waals surface area contributed by atoms with Crippen LogP contribution in [0.2, 0.25) is 0 Å². The Morgan fingerprint density at radius 1 is 1.45 bits per heavy atom. The maximum Gasteiger partial charge on any atom is 0.248 e. The minimum Gasteiger partial charge on any atom is -0.212 e. The lowest BCUT2D eigenvalue weighted by atomic mass is 10.2. The van der Waals surface area contributed by atoms with Crippen molar-refractivity contribution in [2.75, 3.05) is 5.75 Å². The summed E-state index contributed by atoms with van der Waals surface area (Å²) < 4.78 is 45.2. The molecule has 11 heavy (non-hydrogen) atoms. The van der Waals surface area contributed by atoms with Gasteiger partial charge in [-0.25, -0.2) is 17.2 Å². The highest BCUT2D eigenvalue weighted by Gasteiger charge is 2.27. The number of halogens is 3. The van der Waals surface area contributed by atoms with E-state index in [2.05, 4.69) is 0 Å². The Kier molecular flexibility index (Phi) is 3.70. The van der Waals surface area contributed by atoms with Crippen molar-refractivity contribution in [2.24, 2.45) is 0 Å². The molecule has 0 atom stereocenters. The number of alkyl halides is 2. The van der Waals surface area contributed by atoms with Crippen molar-refractivity contribution >= 4 is 19.7 Å². The van der Waals surface area contributed by atoms with Crippen molar-refractivity contribution in [1.29, 1.82) is 0 Å². The molecule has 68 valence electrons. The molecule has 2 nitrogen and oxygen atoms in total. The number of hydrogen-bond acceptors (Lipinski definition) is 2. The van der Waals surface area contributed by atoms with Gasteiger partial charge in [-0.1, -0.05) is 6.92 Å². The lowest BCUT2D eigenvalue weighted by Crippen LogP contribution is -2.18. The Hall–Kier alpha value is 0.1000. The van der Waals surface area contributed by atoms with Crippen molar-refractivity contribution in [1.82, 2.24) is 0 Å². The largest absolute Gasteiger partial charge is 0.248 e. The van der Waals surface area contributed by atoms with Gasteiger partial charge < -0.3 is 0 Å². The maximum atomic E-state index is 12.4. The van der Waals surface area contributed by atoms with Gasteiger partial charge in [0, 0.05) is 23.5 Å². The number of rotatable bonds is 4. The first-order chi connectivity index (χ1) is 4.77. The molecular weight excluding hydrogens is 198 g/mol. The third-order valence-corrected chi connectivity index (χ3v) is 2.38. The first-order valence-corrected chi connectivity index (χ1v) is 5.55. The monoisotopic (exact) mass is 206 g/mol. The number of hydrogen-bond donors (Lipinski definition) is 0. The Morgan fingerprint density at radius 2 is 1.91 bits per heavy atom. The van der Waals surface area contributed by atoms with E-state index < -0.39 is 27.1 Å². The van der Waals surface area contributed by atoms with Crippen LogP contribution in [-0.4, -0.2) is 20.1 Å². The van der Waals surface area contributed by atoms with Gasteiger partial charge in [0.25, 0.3) is 0 Å². The van der Waals surface area contributed by atoms with E-state index in [1.54, 1.807) is 0 Å². The normalized spacial score (nSPS) is 13.5. The highest BCUT2D eigenvalue weighted by Crippen LogP contribution is 2.23. The summed E-state index contributed by atoms with van der Waals surface area (Å²) >= 11 is 0. The quantitative estimate of drug-likeness (QED) is 0.660. The van der Waals surface area contributed by atoms with Crippen LogP contribution >= 0.6 is 10.7 Å². The van der Waals surface area contributed by atoms with Crippen molar-refractivity contribution in [3.63, 3.8) is 0 Å². The van der Waals surface area contributed by atoms with Gasteiger partial charge in [-0.2, -0.15) is 0 Å². The highest BCUT2D eigenvalue weighted by molar-refractivity contribution is 8.13. The highest BCUT2D eigenvalue weighted by atomic mass is 35.7. The van der Waals surface area contributed by atoms with E-state index >= 15 is 0 Å². The predicted octanol–water partition coefficient (Wildman–Crippen LogP) is 1.99. The van der Waals surface area contributed by atoms with Crippen LogP contribution in [0.1, 0.15) is 19.8 Å². The van der Waals surface area contributed by atoms with Gasteiger partial charge in [-0.05, 0) is 0 Å². The molecule has 0 radical (unpaired) electrons. The van der Waals surface area contributed by atoms with Crippen LogP contribution in [-0.2, 0) is 9.05 Å². The Labute approximate surface area is 69.0 Å². The smallest absolute Gasteiger partial charge is 0.212 e. The van der Waals surface area contributed by atoms with Crippen LogP contribution in [0.15, 0.2) is 0 Å². The molecule has 0 heterocycles. The van der Waals surface area contributed by atoms with Crippen LogP contribution in [0.25, 0.3) is 0 Å². The van der Waals surface area contributed by atoms with Crippen molar-refractivity contribution in [2.45, 2.75) is 25.7 Å². The molecule has 0 saturated heterocycles. The average molecular weight is 207 g/mol. The van der Waals surface area contributed by atoms with E-state index in [1.165, 1.54) is 6.92 Å². The molecule has 0 aromatic rings. The zero-order valence-corrected chi connectivity index (χ0v) is 7.55. The van der Waals surface area contributed by atoms with Gasteiger partial charge in [0.05, 0.1) is 5.75 Å². The zero-order chi connectivity index (χ0) is 9.12. The third-order valence-electron chi connectivity index (χ3n) is 1.23. The van der Waals surface area contributed by atoms with Gasteiger partial charge in [0.2, 0.25) is 15.0 Å². The molecule has 0 bridgehead atoms. The predicted molar refractivity (Wildman–Crippen MR) is 39.5 cm³/mol. The maximum absolute atomic E-state index is 12.4. The second-order valence-corrected chi connectivity index (χ2v) is 5.10. The molecule has 0 aromatic carbocycles. The molecular formula is C5H9ClF2O2S. The fourth-order valence-corrected chi connectivity index (χ4v) is 1.22. The summed E-state index contributed by atoms with van der Waals surface area (Å²) in [7, 11) is 0.960. The third kappa shape index (κ3) is 6.50. The first kappa shape index (κ1) is 11.1. The lowest BCUT2D eigenvalue weighted by molar-refractivity contribution is -0.00559. The Balaban J connectivity index is 3.90. The molecule has 0 aromatic heterocycles. The van der Waals surface area contributed by atoms with Gasteiger partial charge in [-0.15, -0.1) is 0 Å². The van der Waals surface area contributed by atoms with Gasteiger partial charge in [0.15, 0.2) is 0 Å². The van der Waals surface area contributed by atoms with Crippen molar-refractivity contribution in [3.05, 3.63) is 0 Å². The van der Waals surface area contributed by atoms with E-state index in [0.717, 1.165) is 0 Å². The molecule has 0 saturated carbocycles. The molecule has 0 aliphatic rings. The topological polar surface area (TPSA) is 34.1 Å². The van der Waals surface area contributed by atoms with Gasteiger partial charge in [0.1, 0.15) is 0 Å². The summed E-state index contributed by atoms with van der Waals surface area (Å²) in [5, 5.41) is 0. The summed E-state index contributed by atoms with van der Waals surface area (Å²) in [4.78, 5) is 0. The second-order valence-electron chi connectivity index (χ2n) is 2.20. The summed E-state index contributed by atoms with van der Waals surface area (Å²) in [6.07, 6.45) is -1.06. The SMILES string of the molecule is CCC(F)(F)CCS(=O)(=O)Cl. The lowest BCUT2D eigenvalue weighted by Gasteiger charge is -2.11. The molecule has 0 rings (SSSR count). The van der Waals surface area contributed by atoms with E-state index in [-0.39, 0.29) is 6.42 Å². The molecule has 0 spiro atoms. The van der Waals surface area contributed by atoms with Gasteiger partial charge >= 0.3 is 0 Å². The molecule has 6 heteroatoms. The van der Waals surface area contributed by atoms with Crippen LogP contribution in [0, 0.1) is 0 Å². The molecule has 0 fully saturated rings. The van der Waals surface area contributed by atoms with E-state index in [0.29, 0.717) is 0 Å². The van der Waals surface area contributed by atoms with Crippen LogP contribution in [0.4, 0.5) is 8.78 Å². The average Bonchev–Trinajstić information content (AvgIpc) is 1.83. The van der Waals surface area contributed by atoms with E-state index in [9.17, 15) is 17.2 Å². The minimum absolute atomic E-state index is 0.362. The first-order valence-electron chi connectivity index (χ1n) is 3.07.